The molecule has 0 amide bonds. The molecule has 0 aliphatic rings. The van der Waals surface area contributed by atoms with Crippen molar-refractivity contribution in [2.24, 2.45) is 10.2 Å². The topological polar surface area (TPSA) is 60.7 Å². The van der Waals surface area contributed by atoms with Crippen LogP contribution in [0.4, 0.5) is 11.5 Å². The van der Waals surface area contributed by atoms with E-state index in [-0.39, 0.29) is 5.75 Å². The summed E-state index contributed by atoms with van der Waals surface area (Å²) in [6.07, 6.45) is 0. The van der Waals surface area contributed by atoms with Gasteiger partial charge in [-0.25, -0.2) is 0 Å². The number of nitrogens with one attached hydrogen (secondary N) is 1. The lowest BCUT2D eigenvalue weighted by molar-refractivity contribution is 0.482. The van der Waals surface area contributed by atoms with Crippen LogP contribution in [0.3, 0.4) is 0 Å². The smallest absolute Gasteiger partial charge is 0.196 e. The van der Waals surface area contributed by atoms with Gasteiger partial charge < -0.3 is 10.1 Å². The predicted molar refractivity (Wildman–Crippen MR) is 83.0 cm³/mol. The fourth-order valence-corrected chi connectivity index (χ4v) is 2.35. The van der Waals surface area contributed by atoms with Gasteiger partial charge in [0.25, 0.3) is 0 Å². The first-order valence-electron chi connectivity index (χ1n) is 6.13. The van der Waals surface area contributed by atoms with Crippen LogP contribution in [0.5, 0.6) is 5.75 Å². The SMILES string of the molecule is Cc1ccccc1N=Nc1[nH]c2ccc(Br)cc2c1O. The molecule has 2 aromatic carbocycles. The Labute approximate surface area is 124 Å². The highest BCUT2D eigenvalue weighted by Crippen LogP contribution is 2.37. The largest absolute Gasteiger partial charge is 0.504 e. The van der Waals surface area contributed by atoms with Crippen molar-refractivity contribution in [2.45, 2.75) is 6.92 Å². The molecule has 1 heterocycles. The molecule has 0 bridgehead atoms. The number of aromatic hydroxyl groups is 1. The van der Waals surface area contributed by atoms with Gasteiger partial charge in [-0.05, 0) is 36.8 Å². The van der Waals surface area contributed by atoms with Crippen LogP contribution in [0.25, 0.3) is 10.9 Å². The van der Waals surface area contributed by atoms with Gasteiger partial charge in [-0.3, -0.25) is 0 Å². The number of hydrogen-bond donors (Lipinski definition) is 2. The summed E-state index contributed by atoms with van der Waals surface area (Å²) in [7, 11) is 0. The zero-order valence-corrected chi connectivity index (χ0v) is 12.3. The predicted octanol–water partition coefficient (Wildman–Crippen LogP) is 5.36. The number of azo groups is 1. The van der Waals surface area contributed by atoms with Gasteiger partial charge in [-0.2, -0.15) is 0 Å². The third kappa shape index (κ3) is 2.32. The van der Waals surface area contributed by atoms with E-state index in [0.29, 0.717) is 5.82 Å². The standard InChI is InChI=1S/C15H12BrN3O/c1-9-4-2-3-5-12(9)18-19-15-14(20)11-8-10(16)6-7-13(11)17-15/h2-8,17,20H,1H3. The summed E-state index contributed by atoms with van der Waals surface area (Å²) in [5.41, 5.74) is 2.64. The summed E-state index contributed by atoms with van der Waals surface area (Å²) < 4.78 is 0.904. The number of benzene rings is 2. The Kier molecular flexibility index (Phi) is 3.28. The molecule has 0 aliphatic heterocycles. The summed E-state index contributed by atoms with van der Waals surface area (Å²) in [4.78, 5) is 3.05. The number of hydrogen-bond acceptors (Lipinski definition) is 3. The van der Waals surface area contributed by atoms with E-state index in [1.807, 2.05) is 49.4 Å². The van der Waals surface area contributed by atoms with Crippen LogP contribution in [-0.4, -0.2) is 10.1 Å². The van der Waals surface area contributed by atoms with Crippen molar-refractivity contribution in [1.29, 1.82) is 0 Å². The third-order valence-corrected chi connectivity index (χ3v) is 3.58. The quantitative estimate of drug-likeness (QED) is 0.611. The average molecular weight is 330 g/mol. The molecule has 5 heteroatoms. The van der Waals surface area contributed by atoms with Gasteiger partial charge in [0.2, 0.25) is 0 Å². The van der Waals surface area contributed by atoms with Gasteiger partial charge >= 0.3 is 0 Å². The van der Waals surface area contributed by atoms with Gasteiger partial charge in [0, 0.05) is 9.86 Å². The second kappa shape index (κ2) is 5.09. The van der Waals surface area contributed by atoms with E-state index in [9.17, 15) is 5.11 Å². The number of aromatic nitrogens is 1. The minimum atomic E-state index is 0.110. The molecule has 0 atom stereocenters. The molecule has 0 aliphatic carbocycles. The van der Waals surface area contributed by atoms with Crippen LogP contribution >= 0.6 is 15.9 Å². The lowest BCUT2D eigenvalue weighted by Crippen LogP contribution is -1.71. The molecule has 0 radical (unpaired) electrons. The Morgan fingerprint density at radius 1 is 1.10 bits per heavy atom. The number of nitrogens with zero attached hydrogens (tertiary/aromatic N) is 2. The summed E-state index contributed by atoms with van der Waals surface area (Å²) in [6, 6.07) is 13.3. The fourth-order valence-electron chi connectivity index (χ4n) is 1.99. The molecule has 0 saturated carbocycles. The van der Waals surface area contributed by atoms with Gasteiger partial charge in [-0.1, -0.05) is 34.1 Å². The van der Waals surface area contributed by atoms with Crippen molar-refractivity contribution in [3.8, 4) is 5.75 Å². The summed E-state index contributed by atoms with van der Waals surface area (Å²) >= 11 is 3.38. The lowest BCUT2D eigenvalue weighted by Gasteiger charge is -1.96. The Hall–Kier alpha value is -2.14. The van der Waals surface area contributed by atoms with Crippen LogP contribution in [0.15, 0.2) is 57.2 Å². The van der Waals surface area contributed by atoms with E-state index in [0.717, 1.165) is 26.6 Å². The first-order chi connectivity index (χ1) is 9.65. The molecule has 4 nitrogen and oxygen atoms in total. The number of halogens is 1. The van der Waals surface area contributed by atoms with Crippen molar-refractivity contribution in [2.75, 3.05) is 0 Å². The second-order valence-corrected chi connectivity index (χ2v) is 5.41. The van der Waals surface area contributed by atoms with E-state index in [1.165, 1.54) is 0 Å². The van der Waals surface area contributed by atoms with Crippen LogP contribution in [-0.2, 0) is 0 Å². The molecular formula is C15H12BrN3O. The monoisotopic (exact) mass is 329 g/mol. The van der Waals surface area contributed by atoms with E-state index < -0.39 is 0 Å². The maximum atomic E-state index is 10.2. The number of aryl methyl sites for hydroxylation is 1. The fraction of sp³-hybridized carbons (Fsp3) is 0.0667. The van der Waals surface area contributed by atoms with Gasteiger partial charge in [0.15, 0.2) is 11.6 Å². The number of H-pyrrole nitrogens is 1. The molecule has 2 N–H and O–H groups in total. The van der Waals surface area contributed by atoms with Crippen molar-refractivity contribution in [1.82, 2.24) is 4.98 Å². The summed E-state index contributed by atoms with van der Waals surface area (Å²) in [6.45, 7) is 1.97. The van der Waals surface area contributed by atoms with Crippen molar-refractivity contribution in [3.05, 3.63) is 52.5 Å². The number of aromatic amines is 1. The molecule has 0 saturated heterocycles. The maximum Gasteiger partial charge on any atom is 0.196 e. The number of rotatable bonds is 2. The van der Waals surface area contributed by atoms with E-state index in [4.69, 9.17) is 0 Å². The Bertz CT molecular complexity index is 808. The first kappa shape index (κ1) is 12.9. The molecule has 0 fully saturated rings. The highest BCUT2D eigenvalue weighted by Gasteiger charge is 2.10. The lowest BCUT2D eigenvalue weighted by atomic mass is 10.2. The maximum absolute atomic E-state index is 10.2. The second-order valence-electron chi connectivity index (χ2n) is 4.50. The molecule has 1 aromatic heterocycles. The minimum absolute atomic E-state index is 0.110. The molecule has 0 unspecified atom stereocenters. The normalized spacial score (nSPS) is 11.5. The summed E-state index contributed by atoms with van der Waals surface area (Å²) in [5.74, 6) is 0.472. The Morgan fingerprint density at radius 2 is 1.90 bits per heavy atom. The highest BCUT2D eigenvalue weighted by atomic mass is 79.9. The minimum Gasteiger partial charge on any atom is -0.504 e. The Morgan fingerprint density at radius 3 is 2.70 bits per heavy atom. The average Bonchev–Trinajstić information content (AvgIpc) is 2.75. The van der Waals surface area contributed by atoms with E-state index in [2.05, 4.69) is 31.1 Å². The molecule has 3 rings (SSSR count). The summed E-state index contributed by atoms with van der Waals surface area (Å²) in [5, 5.41) is 19.2. The zero-order valence-electron chi connectivity index (χ0n) is 10.8. The van der Waals surface area contributed by atoms with Crippen LogP contribution in [0.1, 0.15) is 5.56 Å². The van der Waals surface area contributed by atoms with Gasteiger partial charge in [0.1, 0.15) is 0 Å². The van der Waals surface area contributed by atoms with Crippen LogP contribution in [0.2, 0.25) is 0 Å². The van der Waals surface area contributed by atoms with Crippen LogP contribution in [0, 0.1) is 6.92 Å². The molecule has 3 aromatic rings. The van der Waals surface area contributed by atoms with Crippen molar-refractivity contribution >= 4 is 38.3 Å². The zero-order chi connectivity index (χ0) is 14.1. The van der Waals surface area contributed by atoms with E-state index in [1.54, 1.807) is 0 Å². The Balaban J connectivity index is 2.03. The van der Waals surface area contributed by atoms with Gasteiger partial charge in [0.05, 0.1) is 11.2 Å². The molecule has 100 valence electrons. The molecule has 20 heavy (non-hydrogen) atoms. The van der Waals surface area contributed by atoms with Crippen LogP contribution < -0.4 is 0 Å². The van der Waals surface area contributed by atoms with Gasteiger partial charge in [-0.15, -0.1) is 10.2 Å². The molecular weight excluding hydrogens is 318 g/mol. The third-order valence-electron chi connectivity index (χ3n) is 3.09. The first-order valence-corrected chi connectivity index (χ1v) is 6.92. The van der Waals surface area contributed by atoms with Crippen molar-refractivity contribution < 1.29 is 5.11 Å². The highest BCUT2D eigenvalue weighted by molar-refractivity contribution is 9.10. The number of fused-ring (bicyclic) bond motifs is 1. The molecule has 0 spiro atoms. The van der Waals surface area contributed by atoms with E-state index >= 15 is 0 Å². The van der Waals surface area contributed by atoms with Crippen molar-refractivity contribution in [3.63, 3.8) is 0 Å².